The van der Waals surface area contributed by atoms with Crippen LogP contribution in [0.1, 0.15) is 39.0 Å². The Balaban J connectivity index is 1.77. The largest absolute Gasteiger partial charge is 0.481 e. The number of piperidine rings is 1. The Morgan fingerprint density at radius 3 is 2.89 bits per heavy atom. The average molecular weight is 269 g/mol. The van der Waals surface area contributed by atoms with E-state index in [1.807, 2.05) is 11.8 Å². The molecule has 0 aromatic carbocycles. The van der Waals surface area contributed by atoms with E-state index in [1.54, 1.807) is 0 Å². The summed E-state index contributed by atoms with van der Waals surface area (Å²) in [6.07, 6.45) is 3.88. The highest BCUT2D eigenvalue weighted by atomic mass is 16.5. The number of nitrogens with zero attached hydrogens (tertiary/aromatic N) is 1. The van der Waals surface area contributed by atoms with Gasteiger partial charge in [0.2, 0.25) is 5.91 Å². The minimum atomic E-state index is -0.748. The Labute approximate surface area is 113 Å². The molecule has 1 saturated heterocycles. The smallest absolute Gasteiger partial charge is 0.303 e. The standard InChI is InChI=1S/C14H23NO4/c1-2-19-12-8-11(12)14(18)15-7-3-4-10(9-15)5-6-13(16)17/h10-12H,2-9H2,1H3,(H,16,17)/t10-,11-,12+/m0/s1. The van der Waals surface area contributed by atoms with E-state index >= 15 is 0 Å². The van der Waals surface area contributed by atoms with Crippen LogP contribution in [0.3, 0.4) is 0 Å². The summed E-state index contributed by atoms with van der Waals surface area (Å²) in [6.45, 7) is 4.15. The van der Waals surface area contributed by atoms with Gasteiger partial charge in [-0.1, -0.05) is 0 Å². The highest BCUT2D eigenvalue weighted by Crippen LogP contribution is 2.36. The van der Waals surface area contributed by atoms with Crippen molar-refractivity contribution in [3.05, 3.63) is 0 Å². The lowest BCUT2D eigenvalue weighted by Crippen LogP contribution is -2.41. The van der Waals surface area contributed by atoms with Gasteiger partial charge in [0.15, 0.2) is 0 Å². The van der Waals surface area contributed by atoms with Gasteiger partial charge in [-0.3, -0.25) is 9.59 Å². The number of rotatable bonds is 6. The van der Waals surface area contributed by atoms with E-state index in [0.29, 0.717) is 18.9 Å². The summed E-state index contributed by atoms with van der Waals surface area (Å²) < 4.78 is 5.46. The zero-order valence-corrected chi connectivity index (χ0v) is 11.5. The first-order valence-electron chi connectivity index (χ1n) is 7.24. The second-order valence-electron chi connectivity index (χ2n) is 5.56. The Hall–Kier alpha value is -1.10. The summed E-state index contributed by atoms with van der Waals surface area (Å²) in [4.78, 5) is 24.8. The van der Waals surface area contributed by atoms with Crippen molar-refractivity contribution in [1.82, 2.24) is 4.90 Å². The SMILES string of the molecule is CCO[C@@H]1C[C@@H]1C(=O)N1CCC[C@@H](CCC(=O)O)C1. The molecule has 1 saturated carbocycles. The zero-order valence-electron chi connectivity index (χ0n) is 11.5. The number of hydrogen-bond acceptors (Lipinski definition) is 3. The highest BCUT2D eigenvalue weighted by molar-refractivity contribution is 5.82. The molecule has 0 aromatic rings. The minimum absolute atomic E-state index is 0.0539. The molecule has 0 bridgehead atoms. The Morgan fingerprint density at radius 2 is 2.21 bits per heavy atom. The number of amides is 1. The van der Waals surface area contributed by atoms with Crippen molar-refractivity contribution in [2.75, 3.05) is 19.7 Å². The maximum atomic E-state index is 12.3. The molecule has 19 heavy (non-hydrogen) atoms. The van der Waals surface area contributed by atoms with Crippen molar-refractivity contribution >= 4 is 11.9 Å². The van der Waals surface area contributed by atoms with Crippen molar-refractivity contribution in [3.63, 3.8) is 0 Å². The van der Waals surface area contributed by atoms with Crippen LogP contribution in [-0.2, 0) is 14.3 Å². The normalized spacial score (nSPS) is 30.2. The predicted molar refractivity (Wildman–Crippen MR) is 69.7 cm³/mol. The molecule has 1 aliphatic carbocycles. The van der Waals surface area contributed by atoms with E-state index in [1.165, 1.54) is 0 Å². The second kappa shape index (κ2) is 6.37. The van der Waals surface area contributed by atoms with Crippen molar-refractivity contribution in [2.45, 2.75) is 45.1 Å². The molecule has 1 aliphatic heterocycles. The van der Waals surface area contributed by atoms with Gasteiger partial charge in [0.25, 0.3) is 0 Å². The molecule has 1 amide bonds. The first-order valence-corrected chi connectivity index (χ1v) is 7.24. The van der Waals surface area contributed by atoms with E-state index in [-0.39, 0.29) is 24.3 Å². The summed E-state index contributed by atoms with van der Waals surface area (Å²) in [7, 11) is 0. The highest BCUT2D eigenvalue weighted by Gasteiger charge is 2.46. The van der Waals surface area contributed by atoms with E-state index in [9.17, 15) is 9.59 Å². The third kappa shape index (κ3) is 3.93. The molecule has 1 N–H and O–H groups in total. The van der Waals surface area contributed by atoms with E-state index in [4.69, 9.17) is 9.84 Å². The zero-order chi connectivity index (χ0) is 13.8. The van der Waals surface area contributed by atoms with Crippen LogP contribution < -0.4 is 0 Å². The van der Waals surface area contributed by atoms with Gasteiger partial charge < -0.3 is 14.7 Å². The Bertz CT molecular complexity index is 344. The summed E-state index contributed by atoms with van der Waals surface area (Å²) in [5.74, 6) is -0.142. The molecule has 5 heteroatoms. The predicted octanol–water partition coefficient (Wildman–Crippen LogP) is 1.51. The monoisotopic (exact) mass is 269 g/mol. The molecule has 0 radical (unpaired) electrons. The van der Waals surface area contributed by atoms with Crippen LogP contribution in [0.5, 0.6) is 0 Å². The van der Waals surface area contributed by atoms with Crippen LogP contribution in [0.15, 0.2) is 0 Å². The molecule has 2 rings (SSSR count). The van der Waals surface area contributed by atoms with Crippen LogP contribution in [0, 0.1) is 11.8 Å². The lowest BCUT2D eigenvalue weighted by molar-refractivity contribution is -0.137. The second-order valence-corrected chi connectivity index (χ2v) is 5.56. The Kier molecular flexibility index (Phi) is 4.80. The number of aliphatic carboxylic acids is 1. The lowest BCUT2D eigenvalue weighted by Gasteiger charge is -2.32. The fourth-order valence-electron chi connectivity index (χ4n) is 2.89. The molecule has 2 aliphatic rings. The number of hydrogen-bond donors (Lipinski definition) is 1. The minimum Gasteiger partial charge on any atom is -0.481 e. The van der Waals surface area contributed by atoms with Crippen molar-refractivity contribution in [3.8, 4) is 0 Å². The first-order chi connectivity index (χ1) is 9.11. The molecule has 0 aromatic heterocycles. The van der Waals surface area contributed by atoms with Crippen LogP contribution in [0.25, 0.3) is 0 Å². The number of carboxylic acid groups (broad SMARTS) is 1. The van der Waals surface area contributed by atoms with Crippen molar-refractivity contribution in [2.24, 2.45) is 11.8 Å². The van der Waals surface area contributed by atoms with Gasteiger partial charge in [0.1, 0.15) is 0 Å². The maximum absolute atomic E-state index is 12.3. The van der Waals surface area contributed by atoms with Gasteiger partial charge in [0.05, 0.1) is 12.0 Å². The molecule has 5 nitrogen and oxygen atoms in total. The lowest BCUT2D eigenvalue weighted by atomic mass is 9.93. The summed E-state index contributed by atoms with van der Waals surface area (Å²) >= 11 is 0. The van der Waals surface area contributed by atoms with Gasteiger partial charge in [-0.15, -0.1) is 0 Å². The van der Waals surface area contributed by atoms with Crippen LogP contribution in [-0.4, -0.2) is 47.7 Å². The van der Waals surface area contributed by atoms with Gasteiger partial charge in [-0.2, -0.15) is 0 Å². The van der Waals surface area contributed by atoms with Crippen molar-refractivity contribution < 1.29 is 19.4 Å². The number of likely N-dealkylation sites (tertiary alicyclic amines) is 1. The van der Waals surface area contributed by atoms with E-state index in [2.05, 4.69) is 0 Å². The molecular formula is C14H23NO4. The summed E-state index contributed by atoms with van der Waals surface area (Å²) in [5.41, 5.74) is 0. The van der Waals surface area contributed by atoms with Gasteiger partial charge in [0, 0.05) is 26.1 Å². The fourth-order valence-corrected chi connectivity index (χ4v) is 2.89. The number of carbonyl (C=O) groups is 2. The summed E-state index contributed by atoms with van der Waals surface area (Å²) in [5, 5.41) is 8.71. The quantitative estimate of drug-likeness (QED) is 0.794. The van der Waals surface area contributed by atoms with Crippen LogP contribution >= 0.6 is 0 Å². The maximum Gasteiger partial charge on any atom is 0.303 e. The molecule has 2 fully saturated rings. The molecule has 3 atom stereocenters. The Morgan fingerprint density at radius 1 is 1.42 bits per heavy atom. The van der Waals surface area contributed by atoms with Crippen LogP contribution in [0.4, 0.5) is 0 Å². The molecular weight excluding hydrogens is 246 g/mol. The summed E-state index contributed by atoms with van der Waals surface area (Å²) in [6, 6.07) is 0. The van der Waals surface area contributed by atoms with Gasteiger partial charge in [-0.25, -0.2) is 0 Å². The molecule has 0 spiro atoms. The third-order valence-electron chi connectivity index (χ3n) is 4.03. The van der Waals surface area contributed by atoms with Crippen molar-refractivity contribution in [1.29, 1.82) is 0 Å². The number of carbonyl (C=O) groups excluding carboxylic acids is 1. The molecule has 1 heterocycles. The topological polar surface area (TPSA) is 66.8 Å². The number of carboxylic acids is 1. The molecule has 108 valence electrons. The molecule has 0 unspecified atom stereocenters. The first kappa shape index (κ1) is 14.3. The van der Waals surface area contributed by atoms with Crippen LogP contribution in [0.2, 0.25) is 0 Å². The fraction of sp³-hybridized carbons (Fsp3) is 0.857. The van der Waals surface area contributed by atoms with Gasteiger partial charge >= 0.3 is 5.97 Å². The number of ether oxygens (including phenoxy) is 1. The van der Waals surface area contributed by atoms with E-state index in [0.717, 1.165) is 32.4 Å². The third-order valence-corrected chi connectivity index (χ3v) is 4.03. The van der Waals surface area contributed by atoms with Gasteiger partial charge in [-0.05, 0) is 38.5 Å². The van der Waals surface area contributed by atoms with E-state index < -0.39 is 5.97 Å². The average Bonchev–Trinajstić information content (AvgIpc) is 3.16.